The molecule has 1 aromatic rings. The number of Topliss-reactive ketones (excluding diaryl/α,β-unsaturated/α-hetero) is 1. The summed E-state index contributed by atoms with van der Waals surface area (Å²) >= 11 is 1.69. The molecule has 0 spiro atoms. The van der Waals surface area contributed by atoms with Crippen molar-refractivity contribution in [2.75, 3.05) is 12.9 Å². The van der Waals surface area contributed by atoms with Gasteiger partial charge >= 0.3 is 0 Å². The highest BCUT2D eigenvalue weighted by Gasteiger charge is 2.73. The molecule has 4 aliphatic carbocycles. The number of aliphatic hydroxyl groups is 1. The predicted octanol–water partition coefficient (Wildman–Crippen LogP) is 5.54. The van der Waals surface area contributed by atoms with Crippen LogP contribution in [0.2, 0.25) is 0 Å². The Labute approximate surface area is 198 Å². The molecule has 0 aliphatic heterocycles. The van der Waals surface area contributed by atoms with E-state index in [1.54, 1.807) is 11.8 Å². The third-order valence-corrected chi connectivity index (χ3v) is 11.3. The number of ketones is 1. The molecule has 0 amide bonds. The number of hydrogen-bond donors (Lipinski definition) is 1. The van der Waals surface area contributed by atoms with Crippen LogP contribution in [0, 0.1) is 58.7 Å². The molecular formula is C27H42N2O2S. The smallest absolute Gasteiger partial charge is 0.158 e. The predicted molar refractivity (Wildman–Crippen MR) is 129 cm³/mol. The largest absolute Gasteiger partial charge is 0.396 e. The second kappa shape index (κ2) is 8.76. The third kappa shape index (κ3) is 3.52. The quantitative estimate of drug-likeness (QED) is 0.519. The third-order valence-electron chi connectivity index (χ3n) is 10.6. The Kier molecular flexibility index (Phi) is 6.28. The first-order valence-electron chi connectivity index (χ1n) is 13.1. The SMILES string of the molecule is CCC1CCC2C(CCC3(C)C(C(=O)Cn4cc(SC)cn4)C4C(C)C4C23)C1CCCO. The van der Waals surface area contributed by atoms with Gasteiger partial charge in [-0.25, -0.2) is 0 Å². The molecule has 0 bridgehead atoms. The average molecular weight is 459 g/mol. The number of nitrogens with zero attached hydrogens (tertiary/aromatic N) is 2. The molecule has 5 heteroatoms. The van der Waals surface area contributed by atoms with Crippen molar-refractivity contribution in [2.24, 2.45) is 58.7 Å². The van der Waals surface area contributed by atoms with Gasteiger partial charge in [-0.1, -0.05) is 27.2 Å². The Hall–Kier alpha value is -0.810. The molecule has 178 valence electrons. The zero-order chi connectivity index (χ0) is 22.6. The summed E-state index contributed by atoms with van der Waals surface area (Å²) < 4.78 is 1.87. The van der Waals surface area contributed by atoms with Crippen molar-refractivity contribution >= 4 is 17.5 Å². The highest BCUT2D eigenvalue weighted by molar-refractivity contribution is 7.98. The second-order valence-electron chi connectivity index (χ2n) is 11.7. The van der Waals surface area contributed by atoms with Crippen LogP contribution in [0.15, 0.2) is 17.3 Å². The van der Waals surface area contributed by atoms with E-state index in [2.05, 4.69) is 32.1 Å². The van der Waals surface area contributed by atoms with Gasteiger partial charge in [-0.05, 0) is 97.5 Å². The first kappa shape index (κ1) is 23.0. The number of carbonyl (C=O) groups is 1. The van der Waals surface area contributed by atoms with Crippen LogP contribution < -0.4 is 0 Å². The van der Waals surface area contributed by atoms with Gasteiger partial charge in [-0.15, -0.1) is 11.8 Å². The van der Waals surface area contributed by atoms with Crippen LogP contribution in [-0.2, 0) is 11.3 Å². The standard InChI is InChI=1S/C27H42N2O2S/c1-5-17-8-9-21-20(19(17)7-6-12-30)10-11-27(3)25(21)23-16(2)24(23)26(27)22(31)15-29-14-18(32-4)13-28-29/h13-14,16-17,19-21,23-26,30H,5-12,15H2,1-4H3. The number of carbonyl (C=O) groups excluding carboxylic acids is 1. The molecule has 1 aromatic heterocycles. The van der Waals surface area contributed by atoms with Gasteiger partial charge in [0, 0.05) is 23.6 Å². The maximum Gasteiger partial charge on any atom is 0.158 e. The fourth-order valence-corrected chi connectivity index (χ4v) is 9.69. The molecule has 4 saturated carbocycles. The van der Waals surface area contributed by atoms with Crippen molar-refractivity contribution in [3.8, 4) is 0 Å². The summed E-state index contributed by atoms with van der Waals surface area (Å²) in [6, 6.07) is 0. The van der Waals surface area contributed by atoms with Crippen molar-refractivity contribution in [1.82, 2.24) is 9.78 Å². The van der Waals surface area contributed by atoms with Gasteiger partial charge in [0.25, 0.3) is 0 Å². The first-order valence-corrected chi connectivity index (χ1v) is 14.4. The highest BCUT2D eigenvalue weighted by atomic mass is 32.2. The summed E-state index contributed by atoms with van der Waals surface area (Å²) in [5.41, 5.74) is 0.177. The van der Waals surface area contributed by atoms with Gasteiger partial charge in [0.15, 0.2) is 5.78 Å². The number of aliphatic hydroxyl groups excluding tert-OH is 1. The van der Waals surface area contributed by atoms with E-state index in [-0.39, 0.29) is 11.3 Å². The summed E-state index contributed by atoms with van der Waals surface area (Å²) in [6.45, 7) is 8.04. The van der Waals surface area contributed by atoms with Crippen LogP contribution in [0.5, 0.6) is 0 Å². The summed E-state index contributed by atoms with van der Waals surface area (Å²) in [5.74, 6) is 6.68. The Bertz CT molecular complexity index is 839. The van der Waals surface area contributed by atoms with E-state index in [1.807, 2.05) is 17.1 Å². The summed E-state index contributed by atoms with van der Waals surface area (Å²) in [6.07, 6.45) is 14.6. The molecule has 4 fully saturated rings. The minimum Gasteiger partial charge on any atom is -0.396 e. The average Bonchev–Trinajstić information content (AvgIpc) is 3.13. The minimum absolute atomic E-state index is 0.177. The molecule has 5 rings (SSSR count). The van der Waals surface area contributed by atoms with Gasteiger partial charge in [-0.3, -0.25) is 9.48 Å². The lowest BCUT2D eigenvalue weighted by atomic mass is 9.49. The van der Waals surface area contributed by atoms with E-state index in [4.69, 9.17) is 0 Å². The fraction of sp³-hybridized carbons (Fsp3) is 0.852. The topological polar surface area (TPSA) is 55.1 Å². The summed E-state index contributed by atoms with van der Waals surface area (Å²) in [5, 5.41) is 14.0. The van der Waals surface area contributed by atoms with Gasteiger partial charge in [0.1, 0.15) is 0 Å². The Morgan fingerprint density at radius 2 is 2.09 bits per heavy atom. The normalized spacial score (nSPS) is 44.6. The number of thioether (sulfide) groups is 1. The lowest BCUT2D eigenvalue weighted by Crippen LogP contribution is -2.51. The molecule has 4 aliphatic rings. The van der Waals surface area contributed by atoms with Crippen LogP contribution in [0.4, 0.5) is 0 Å². The molecule has 0 saturated heterocycles. The van der Waals surface area contributed by atoms with Crippen molar-refractivity contribution < 1.29 is 9.90 Å². The van der Waals surface area contributed by atoms with E-state index in [9.17, 15) is 9.90 Å². The lowest BCUT2D eigenvalue weighted by Gasteiger charge is -2.56. The molecule has 10 atom stereocenters. The maximum atomic E-state index is 13.7. The van der Waals surface area contributed by atoms with Crippen LogP contribution in [-0.4, -0.2) is 33.5 Å². The Morgan fingerprint density at radius 1 is 1.28 bits per heavy atom. The molecule has 4 nitrogen and oxygen atoms in total. The van der Waals surface area contributed by atoms with E-state index in [0.717, 1.165) is 46.8 Å². The number of rotatable bonds is 8. The number of fused-ring (bicyclic) bond motifs is 5. The molecule has 1 N–H and O–H groups in total. The minimum atomic E-state index is 0.177. The first-order chi connectivity index (χ1) is 15.4. The molecule has 1 heterocycles. The van der Waals surface area contributed by atoms with Crippen LogP contribution in [0.3, 0.4) is 0 Å². The molecule has 10 unspecified atom stereocenters. The van der Waals surface area contributed by atoms with E-state index in [1.165, 1.54) is 38.5 Å². The van der Waals surface area contributed by atoms with Crippen LogP contribution in [0.1, 0.15) is 65.7 Å². The molecule has 0 radical (unpaired) electrons. The van der Waals surface area contributed by atoms with Gasteiger partial charge in [-0.2, -0.15) is 5.10 Å². The monoisotopic (exact) mass is 458 g/mol. The highest BCUT2D eigenvalue weighted by Crippen LogP contribution is 2.76. The Balaban J connectivity index is 1.38. The number of hydrogen-bond acceptors (Lipinski definition) is 4. The number of aromatic nitrogens is 2. The fourth-order valence-electron chi connectivity index (χ4n) is 9.32. The van der Waals surface area contributed by atoms with Crippen molar-refractivity contribution in [1.29, 1.82) is 0 Å². The molecule has 32 heavy (non-hydrogen) atoms. The van der Waals surface area contributed by atoms with Crippen molar-refractivity contribution in [3.63, 3.8) is 0 Å². The van der Waals surface area contributed by atoms with Crippen LogP contribution in [0.25, 0.3) is 0 Å². The van der Waals surface area contributed by atoms with Gasteiger partial charge < -0.3 is 5.11 Å². The van der Waals surface area contributed by atoms with Crippen molar-refractivity contribution in [2.45, 2.75) is 77.2 Å². The lowest BCUT2D eigenvalue weighted by molar-refractivity contribution is -0.134. The summed E-state index contributed by atoms with van der Waals surface area (Å²) in [7, 11) is 0. The van der Waals surface area contributed by atoms with Gasteiger partial charge in [0.05, 0.1) is 12.7 Å². The van der Waals surface area contributed by atoms with Gasteiger partial charge in [0.2, 0.25) is 0 Å². The Morgan fingerprint density at radius 3 is 2.78 bits per heavy atom. The van der Waals surface area contributed by atoms with Crippen LogP contribution >= 0.6 is 11.8 Å². The second-order valence-corrected chi connectivity index (χ2v) is 12.6. The van der Waals surface area contributed by atoms with Crippen molar-refractivity contribution in [3.05, 3.63) is 12.4 Å². The molecule has 0 aromatic carbocycles. The van der Waals surface area contributed by atoms with E-state index >= 15 is 0 Å². The zero-order valence-electron chi connectivity index (χ0n) is 20.4. The zero-order valence-corrected chi connectivity index (χ0v) is 21.2. The molecular weight excluding hydrogens is 416 g/mol. The summed E-state index contributed by atoms with van der Waals surface area (Å²) in [4.78, 5) is 14.9. The van der Waals surface area contributed by atoms with E-state index in [0.29, 0.717) is 30.8 Å². The van der Waals surface area contributed by atoms with E-state index < -0.39 is 0 Å². The maximum absolute atomic E-state index is 13.7.